The van der Waals surface area contributed by atoms with E-state index >= 15 is 0 Å². The average Bonchev–Trinajstić information content (AvgIpc) is 2.52. The first-order valence-electron chi connectivity index (χ1n) is 6.27. The number of methoxy groups -OCH3 is 1. The Bertz CT molecular complexity index is 673. The highest BCUT2D eigenvalue weighted by atomic mass is 32.1. The first-order valence-corrected chi connectivity index (χ1v) is 6.68. The highest BCUT2D eigenvalue weighted by molar-refractivity contribution is 7.80. The van der Waals surface area contributed by atoms with E-state index < -0.39 is 0 Å². The summed E-state index contributed by atoms with van der Waals surface area (Å²) in [6.45, 7) is 0.368. The lowest BCUT2D eigenvalue weighted by molar-refractivity contribution is 0.0947. The fourth-order valence-corrected chi connectivity index (χ4v) is 1.97. The van der Waals surface area contributed by atoms with Crippen molar-refractivity contribution in [1.82, 2.24) is 10.3 Å². The number of nitrogens with two attached hydrogens (primary N) is 1. The molecule has 2 rings (SSSR count). The third-order valence-corrected chi connectivity index (χ3v) is 3.11. The molecular formula is C15H15N3O2S. The number of rotatable bonds is 5. The van der Waals surface area contributed by atoms with E-state index in [4.69, 9.17) is 22.7 Å². The van der Waals surface area contributed by atoms with E-state index in [9.17, 15) is 4.79 Å². The summed E-state index contributed by atoms with van der Waals surface area (Å²) in [5.74, 6) is 0.0487. The quantitative estimate of drug-likeness (QED) is 0.821. The normalized spacial score (nSPS) is 9.95. The van der Waals surface area contributed by atoms with Gasteiger partial charge in [-0.1, -0.05) is 30.4 Å². The van der Waals surface area contributed by atoms with E-state index in [2.05, 4.69) is 10.3 Å². The van der Waals surface area contributed by atoms with Crippen LogP contribution in [0.25, 0.3) is 0 Å². The molecule has 0 aliphatic carbocycles. The molecule has 0 fully saturated rings. The van der Waals surface area contributed by atoms with Gasteiger partial charge in [-0.15, -0.1) is 0 Å². The van der Waals surface area contributed by atoms with Crippen LogP contribution >= 0.6 is 12.2 Å². The van der Waals surface area contributed by atoms with Crippen molar-refractivity contribution >= 4 is 23.1 Å². The fourth-order valence-electron chi connectivity index (χ4n) is 1.84. The maximum atomic E-state index is 12.1. The molecule has 21 heavy (non-hydrogen) atoms. The Labute approximate surface area is 128 Å². The molecule has 0 spiro atoms. The van der Waals surface area contributed by atoms with Crippen LogP contribution in [0.15, 0.2) is 42.6 Å². The van der Waals surface area contributed by atoms with Gasteiger partial charge in [-0.25, -0.2) is 4.98 Å². The number of benzene rings is 1. The molecule has 0 radical (unpaired) electrons. The molecule has 1 amide bonds. The predicted molar refractivity (Wildman–Crippen MR) is 84.3 cm³/mol. The number of thiocarbonyl (C=S) groups is 1. The fraction of sp³-hybridized carbons (Fsp3) is 0.133. The molecule has 1 aromatic carbocycles. The van der Waals surface area contributed by atoms with Crippen LogP contribution in [0.4, 0.5) is 0 Å². The summed E-state index contributed by atoms with van der Waals surface area (Å²) in [6.07, 6.45) is 1.57. The zero-order chi connectivity index (χ0) is 15.2. The van der Waals surface area contributed by atoms with Crippen molar-refractivity contribution in [2.24, 2.45) is 5.73 Å². The van der Waals surface area contributed by atoms with Gasteiger partial charge >= 0.3 is 0 Å². The number of aromatic nitrogens is 1. The SMILES string of the molecule is COc1ncccc1C(=O)NCc1cccc(C(N)=S)c1. The zero-order valence-corrected chi connectivity index (χ0v) is 12.3. The molecule has 2 aromatic rings. The van der Waals surface area contributed by atoms with E-state index in [-0.39, 0.29) is 5.91 Å². The number of nitrogens with zero attached hydrogens (tertiary/aromatic N) is 1. The maximum Gasteiger partial charge on any atom is 0.257 e. The van der Waals surface area contributed by atoms with Crippen LogP contribution in [0.1, 0.15) is 21.5 Å². The van der Waals surface area contributed by atoms with E-state index in [1.54, 1.807) is 18.3 Å². The minimum absolute atomic E-state index is 0.249. The van der Waals surface area contributed by atoms with Gasteiger partial charge in [0.05, 0.1) is 7.11 Å². The largest absolute Gasteiger partial charge is 0.480 e. The second-order valence-corrected chi connectivity index (χ2v) is 4.75. The smallest absolute Gasteiger partial charge is 0.257 e. The third-order valence-electron chi connectivity index (χ3n) is 2.87. The molecule has 0 saturated heterocycles. The maximum absolute atomic E-state index is 12.1. The highest BCUT2D eigenvalue weighted by Crippen LogP contribution is 2.13. The van der Waals surface area contributed by atoms with Crippen LogP contribution in [0, 0.1) is 0 Å². The molecule has 1 heterocycles. The molecule has 0 atom stereocenters. The van der Waals surface area contributed by atoms with E-state index in [1.807, 2.05) is 24.3 Å². The van der Waals surface area contributed by atoms with Gasteiger partial charge in [-0.3, -0.25) is 4.79 Å². The number of amides is 1. The molecule has 3 N–H and O–H groups in total. The van der Waals surface area contributed by atoms with Gasteiger partial charge in [0.1, 0.15) is 10.6 Å². The summed E-state index contributed by atoms with van der Waals surface area (Å²) in [6, 6.07) is 10.8. The van der Waals surface area contributed by atoms with Gasteiger partial charge in [-0.05, 0) is 23.8 Å². The zero-order valence-electron chi connectivity index (χ0n) is 11.5. The second-order valence-electron chi connectivity index (χ2n) is 4.31. The molecule has 0 aliphatic heterocycles. The monoisotopic (exact) mass is 301 g/mol. The Kier molecular flexibility index (Phi) is 4.84. The van der Waals surface area contributed by atoms with Crippen LogP contribution in [0.2, 0.25) is 0 Å². The van der Waals surface area contributed by atoms with Crippen LogP contribution < -0.4 is 15.8 Å². The van der Waals surface area contributed by atoms with Gasteiger partial charge in [0, 0.05) is 18.3 Å². The number of hydrogen-bond acceptors (Lipinski definition) is 4. The van der Waals surface area contributed by atoms with E-state index in [0.717, 1.165) is 11.1 Å². The predicted octanol–water partition coefficient (Wildman–Crippen LogP) is 1.65. The van der Waals surface area contributed by atoms with Crippen molar-refractivity contribution in [2.75, 3.05) is 7.11 Å². The molecule has 0 unspecified atom stereocenters. The lowest BCUT2D eigenvalue weighted by atomic mass is 10.1. The second kappa shape index (κ2) is 6.81. The van der Waals surface area contributed by atoms with Crippen LogP contribution in [0.3, 0.4) is 0 Å². The number of hydrogen-bond donors (Lipinski definition) is 2. The summed E-state index contributed by atoms with van der Waals surface area (Å²) < 4.78 is 5.06. The summed E-state index contributed by atoms with van der Waals surface area (Å²) in [4.78, 5) is 16.5. The van der Waals surface area contributed by atoms with Crippen molar-refractivity contribution in [2.45, 2.75) is 6.54 Å². The number of carbonyl (C=O) groups excluding carboxylic acids is 1. The minimum Gasteiger partial charge on any atom is -0.480 e. The van der Waals surface area contributed by atoms with E-state index in [0.29, 0.717) is 23.0 Å². The number of pyridine rings is 1. The number of nitrogens with one attached hydrogen (secondary N) is 1. The average molecular weight is 301 g/mol. The standard InChI is InChI=1S/C15H15N3O2S/c1-20-15-12(6-3-7-17-15)14(19)18-9-10-4-2-5-11(8-10)13(16)21/h2-8H,9H2,1H3,(H2,16,21)(H,18,19). The van der Waals surface area contributed by atoms with E-state index in [1.165, 1.54) is 7.11 Å². The van der Waals surface area contributed by atoms with Crippen LogP contribution in [-0.4, -0.2) is 23.0 Å². The summed E-state index contributed by atoms with van der Waals surface area (Å²) in [5, 5.41) is 2.81. The Balaban J connectivity index is 2.07. The first kappa shape index (κ1) is 14.9. The molecular weight excluding hydrogens is 286 g/mol. The van der Waals surface area contributed by atoms with Gasteiger partial charge in [0.15, 0.2) is 0 Å². The molecule has 1 aromatic heterocycles. The molecule has 6 heteroatoms. The molecule has 5 nitrogen and oxygen atoms in total. The highest BCUT2D eigenvalue weighted by Gasteiger charge is 2.12. The number of ether oxygens (including phenoxy) is 1. The molecule has 108 valence electrons. The van der Waals surface area contributed by atoms with Crippen molar-refractivity contribution in [1.29, 1.82) is 0 Å². The summed E-state index contributed by atoms with van der Waals surface area (Å²) in [5.41, 5.74) is 7.67. The van der Waals surface area contributed by atoms with Gasteiger partial charge in [-0.2, -0.15) is 0 Å². The van der Waals surface area contributed by atoms with Crippen LogP contribution in [0.5, 0.6) is 5.88 Å². The molecule has 0 aliphatic rings. The topological polar surface area (TPSA) is 77.2 Å². The molecule has 0 saturated carbocycles. The van der Waals surface area contributed by atoms with Crippen LogP contribution in [-0.2, 0) is 6.54 Å². The van der Waals surface area contributed by atoms with Gasteiger partial charge in [0.2, 0.25) is 5.88 Å². The third kappa shape index (κ3) is 3.76. The first-order chi connectivity index (χ1) is 10.1. The Hall–Kier alpha value is -2.47. The lowest BCUT2D eigenvalue weighted by Crippen LogP contribution is -2.23. The number of carbonyl (C=O) groups is 1. The molecule has 0 bridgehead atoms. The minimum atomic E-state index is -0.249. The lowest BCUT2D eigenvalue weighted by Gasteiger charge is -2.09. The van der Waals surface area contributed by atoms with Crippen molar-refractivity contribution in [3.63, 3.8) is 0 Å². The van der Waals surface area contributed by atoms with Gasteiger partial charge < -0.3 is 15.8 Å². The Morgan fingerprint density at radius 1 is 1.38 bits per heavy atom. The summed E-state index contributed by atoms with van der Waals surface area (Å²) in [7, 11) is 1.48. The summed E-state index contributed by atoms with van der Waals surface area (Å²) >= 11 is 4.93. The van der Waals surface area contributed by atoms with Crippen molar-refractivity contribution in [3.05, 3.63) is 59.3 Å². The Morgan fingerprint density at radius 2 is 2.19 bits per heavy atom. The van der Waals surface area contributed by atoms with Crippen molar-refractivity contribution < 1.29 is 9.53 Å². The van der Waals surface area contributed by atoms with Gasteiger partial charge in [0.25, 0.3) is 5.91 Å². The Morgan fingerprint density at radius 3 is 2.90 bits per heavy atom. The van der Waals surface area contributed by atoms with Crippen molar-refractivity contribution in [3.8, 4) is 5.88 Å².